The van der Waals surface area contributed by atoms with E-state index in [0.717, 1.165) is 57.1 Å². The van der Waals surface area contributed by atoms with Gasteiger partial charge in [0, 0.05) is 6.42 Å². The molecule has 0 fully saturated rings. The quantitative estimate of drug-likeness (QED) is 0.633. The smallest absolute Gasteiger partial charge is 0.409 e. The van der Waals surface area contributed by atoms with Crippen molar-refractivity contribution in [3.63, 3.8) is 0 Å². The van der Waals surface area contributed by atoms with Crippen LogP contribution in [0.15, 0.2) is 36.4 Å². The van der Waals surface area contributed by atoms with Gasteiger partial charge in [-0.25, -0.2) is 4.79 Å². The summed E-state index contributed by atoms with van der Waals surface area (Å²) in [7, 11) is 0. The Morgan fingerprint density at radius 1 is 1.00 bits per heavy atom. The second kappa shape index (κ2) is 10.8. The Bertz CT molecular complexity index is 844. The highest BCUT2D eigenvalue weighted by molar-refractivity contribution is 5.86. The first kappa shape index (κ1) is 21.9. The van der Waals surface area contributed by atoms with Gasteiger partial charge >= 0.3 is 12.1 Å². The molecular formula is C25H31NO4. The fourth-order valence-corrected chi connectivity index (χ4v) is 4.39. The fourth-order valence-electron chi connectivity index (χ4n) is 4.39. The molecule has 0 bridgehead atoms. The average Bonchev–Trinajstić information content (AvgIpc) is 3.38. The molecule has 2 aliphatic carbocycles. The van der Waals surface area contributed by atoms with Gasteiger partial charge in [0.2, 0.25) is 0 Å². The maximum Gasteiger partial charge on any atom is 0.409 e. The molecule has 0 heterocycles. The number of rotatable bonds is 6. The molecule has 5 heteroatoms. The number of fused-ring (bicyclic) bond motifs is 2. The lowest BCUT2D eigenvalue weighted by Crippen LogP contribution is -2.12. The van der Waals surface area contributed by atoms with Gasteiger partial charge in [0.1, 0.15) is 0 Å². The summed E-state index contributed by atoms with van der Waals surface area (Å²) in [5, 5.41) is 11.5. The van der Waals surface area contributed by atoms with Gasteiger partial charge in [0.25, 0.3) is 0 Å². The molecule has 2 aromatic rings. The second-order valence-electron chi connectivity index (χ2n) is 7.81. The summed E-state index contributed by atoms with van der Waals surface area (Å²) in [5.41, 5.74) is 7.42. The van der Waals surface area contributed by atoms with Crippen LogP contribution in [0.5, 0.6) is 0 Å². The number of esters is 1. The van der Waals surface area contributed by atoms with Crippen LogP contribution in [0.3, 0.4) is 0 Å². The van der Waals surface area contributed by atoms with Crippen LogP contribution < -0.4 is 5.32 Å². The molecule has 0 saturated carbocycles. The Kier molecular flexibility index (Phi) is 7.89. The maximum atomic E-state index is 11.0. The standard InChI is InChI=1S/C13H15NO2.C12H16O2/c15-13(16)14-12-10-5-1-3-8(10)7-9-4-2-6-11(9)12;1-2-14-12(13)10-6-9-11-7-4-3-5-8-11/h7,14H,1-6H2,(H,15,16);3-5,7-8H,2,6,9-10H2,1H3. The predicted octanol–water partition coefficient (Wildman–Crippen LogP) is 5.33. The van der Waals surface area contributed by atoms with E-state index in [9.17, 15) is 9.59 Å². The van der Waals surface area contributed by atoms with Crippen LogP contribution in [0.4, 0.5) is 10.5 Å². The fraction of sp³-hybridized carbons (Fsp3) is 0.440. The lowest BCUT2D eigenvalue weighted by Gasteiger charge is -2.14. The summed E-state index contributed by atoms with van der Waals surface area (Å²) < 4.78 is 4.84. The number of carboxylic acid groups (broad SMARTS) is 1. The maximum absolute atomic E-state index is 11.0. The summed E-state index contributed by atoms with van der Waals surface area (Å²) in [6.45, 7) is 2.30. The summed E-state index contributed by atoms with van der Waals surface area (Å²) >= 11 is 0. The van der Waals surface area contributed by atoms with Crippen LogP contribution in [-0.2, 0) is 41.6 Å². The van der Waals surface area contributed by atoms with Crippen LogP contribution >= 0.6 is 0 Å². The molecule has 5 nitrogen and oxygen atoms in total. The third-order valence-corrected chi connectivity index (χ3v) is 5.70. The summed E-state index contributed by atoms with van der Waals surface area (Å²) in [6, 6.07) is 12.5. The van der Waals surface area contributed by atoms with Crippen molar-refractivity contribution in [1.29, 1.82) is 0 Å². The van der Waals surface area contributed by atoms with Crippen molar-refractivity contribution in [2.45, 2.75) is 64.7 Å². The highest BCUT2D eigenvalue weighted by atomic mass is 16.5. The summed E-state index contributed by atoms with van der Waals surface area (Å²) in [4.78, 5) is 21.9. The molecule has 2 N–H and O–H groups in total. The predicted molar refractivity (Wildman–Crippen MR) is 118 cm³/mol. The molecule has 30 heavy (non-hydrogen) atoms. The van der Waals surface area contributed by atoms with E-state index in [4.69, 9.17) is 9.84 Å². The normalized spacial score (nSPS) is 13.6. The van der Waals surface area contributed by atoms with E-state index in [1.54, 1.807) is 0 Å². The van der Waals surface area contributed by atoms with Gasteiger partial charge in [0.15, 0.2) is 0 Å². The number of ether oxygens (including phenoxy) is 1. The van der Waals surface area contributed by atoms with E-state index in [1.807, 2.05) is 25.1 Å². The lowest BCUT2D eigenvalue weighted by molar-refractivity contribution is -0.143. The van der Waals surface area contributed by atoms with Gasteiger partial charge in [-0.1, -0.05) is 36.4 Å². The molecule has 0 aromatic heterocycles. The topological polar surface area (TPSA) is 75.6 Å². The average molecular weight is 410 g/mol. The first-order valence-electron chi connectivity index (χ1n) is 10.9. The number of anilines is 1. The third-order valence-electron chi connectivity index (χ3n) is 5.70. The van der Waals surface area contributed by atoms with Gasteiger partial charge < -0.3 is 9.84 Å². The Labute approximate surface area is 178 Å². The number of hydrogen-bond donors (Lipinski definition) is 2. The van der Waals surface area contributed by atoms with Gasteiger partial charge in [0.05, 0.1) is 12.3 Å². The number of nitrogens with one attached hydrogen (secondary N) is 1. The van der Waals surface area contributed by atoms with Crippen LogP contribution in [-0.4, -0.2) is 23.8 Å². The minimum Gasteiger partial charge on any atom is -0.466 e. The number of benzene rings is 2. The first-order chi connectivity index (χ1) is 14.6. The van der Waals surface area contributed by atoms with Gasteiger partial charge in [-0.2, -0.15) is 0 Å². The van der Waals surface area contributed by atoms with Gasteiger partial charge in [-0.3, -0.25) is 10.1 Å². The van der Waals surface area contributed by atoms with Crippen molar-refractivity contribution >= 4 is 17.7 Å². The number of amides is 1. The molecule has 0 unspecified atom stereocenters. The van der Waals surface area contributed by atoms with Crippen LogP contribution in [0.1, 0.15) is 60.4 Å². The molecule has 0 saturated heterocycles. The van der Waals surface area contributed by atoms with Crippen molar-refractivity contribution in [3.8, 4) is 0 Å². The second-order valence-corrected chi connectivity index (χ2v) is 7.81. The van der Waals surface area contributed by atoms with Crippen LogP contribution in [0.2, 0.25) is 0 Å². The van der Waals surface area contributed by atoms with Gasteiger partial charge in [-0.15, -0.1) is 0 Å². The Balaban J connectivity index is 0.000000173. The van der Waals surface area contributed by atoms with Crippen molar-refractivity contribution in [2.24, 2.45) is 0 Å². The van der Waals surface area contributed by atoms with Gasteiger partial charge in [-0.05, 0) is 86.1 Å². The lowest BCUT2D eigenvalue weighted by atomic mass is 9.99. The molecule has 4 rings (SSSR count). The SMILES string of the molecule is CCOC(=O)CCCc1ccccc1.O=C(O)Nc1c2c(cc3c1CCC3)CCC2. The zero-order valence-corrected chi connectivity index (χ0v) is 17.7. The Morgan fingerprint density at radius 3 is 2.20 bits per heavy atom. The summed E-state index contributed by atoms with van der Waals surface area (Å²) in [5.74, 6) is -0.0940. The van der Waals surface area contributed by atoms with Crippen molar-refractivity contribution in [3.05, 3.63) is 64.2 Å². The van der Waals surface area contributed by atoms with Crippen molar-refractivity contribution in [1.82, 2.24) is 0 Å². The highest BCUT2D eigenvalue weighted by Crippen LogP contribution is 2.38. The highest BCUT2D eigenvalue weighted by Gasteiger charge is 2.24. The molecule has 160 valence electrons. The molecule has 2 aromatic carbocycles. The van der Waals surface area contributed by atoms with Crippen LogP contribution in [0.25, 0.3) is 0 Å². The zero-order valence-electron chi connectivity index (χ0n) is 17.7. The van der Waals surface area contributed by atoms with E-state index < -0.39 is 6.09 Å². The van der Waals surface area contributed by atoms with E-state index >= 15 is 0 Å². The van der Waals surface area contributed by atoms with E-state index in [1.165, 1.54) is 27.8 Å². The van der Waals surface area contributed by atoms with E-state index in [-0.39, 0.29) is 5.97 Å². The molecule has 0 atom stereocenters. The number of hydrogen-bond acceptors (Lipinski definition) is 3. The summed E-state index contributed by atoms with van der Waals surface area (Å²) in [6.07, 6.45) is 7.98. The third kappa shape index (κ3) is 5.85. The van der Waals surface area contributed by atoms with E-state index in [0.29, 0.717) is 13.0 Å². The molecule has 0 radical (unpaired) electrons. The first-order valence-corrected chi connectivity index (χ1v) is 10.9. The minimum absolute atomic E-state index is 0.0940. The Morgan fingerprint density at radius 2 is 1.63 bits per heavy atom. The zero-order chi connectivity index (χ0) is 21.3. The molecule has 0 spiro atoms. The number of carbonyl (C=O) groups is 2. The molecule has 1 amide bonds. The largest absolute Gasteiger partial charge is 0.466 e. The molecular weight excluding hydrogens is 378 g/mol. The van der Waals surface area contributed by atoms with Crippen molar-refractivity contribution in [2.75, 3.05) is 11.9 Å². The number of aryl methyl sites for hydroxylation is 3. The van der Waals surface area contributed by atoms with E-state index in [2.05, 4.69) is 23.5 Å². The monoisotopic (exact) mass is 409 g/mol. The van der Waals surface area contributed by atoms with Crippen LogP contribution in [0, 0.1) is 0 Å². The van der Waals surface area contributed by atoms with Crippen molar-refractivity contribution < 1.29 is 19.4 Å². The number of carbonyl (C=O) groups excluding carboxylic acids is 1. The molecule has 2 aliphatic rings. The molecule has 0 aliphatic heterocycles. The minimum atomic E-state index is -0.936. The Hall–Kier alpha value is -2.82.